The van der Waals surface area contributed by atoms with Crippen molar-refractivity contribution in [2.24, 2.45) is 0 Å². The number of nitro benzene ring substituents is 1. The molecule has 2 aromatic rings. The number of nitro groups is 1. The Bertz CT molecular complexity index is 1100. The number of thioether (sulfide) groups is 1. The molecule has 1 aliphatic rings. The Balaban J connectivity index is 1.82. The van der Waals surface area contributed by atoms with Gasteiger partial charge in [-0.05, 0) is 35.5 Å². The van der Waals surface area contributed by atoms with E-state index in [1.54, 1.807) is 12.1 Å². The molecule has 2 amide bonds. The molecule has 0 spiro atoms. The summed E-state index contributed by atoms with van der Waals surface area (Å²) in [5.74, 6) is -1.24. The maximum atomic E-state index is 12.7. The molecule has 1 fully saturated rings. The van der Waals surface area contributed by atoms with Crippen LogP contribution in [0.4, 0.5) is 10.5 Å². The number of benzene rings is 2. The van der Waals surface area contributed by atoms with Crippen LogP contribution in [0.3, 0.4) is 0 Å². The average Bonchev–Trinajstić information content (AvgIpc) is 3.00. The number of imide groups is 1. The van der Waals surface area contributed by atoms with Crippen molar-refractivity contribution in [3.63, 3.8) is 0 Å². The predicted molar refractivity (Wildman–Crippen MR) is 111 cm³/mol. The summed E-state index contributed by atoms with van der Waals surface area (Å²) in [6.07, 6.45) is 1.48. The van der Waals surface area contributed by atoms with Crippen LogP contribution in [0.1, 0.15) is 11.1 Å². The van der Waals surface area contributed by atoms with Crippen molar-refractivity contribution in [2.75, 3.05) is 13.7 Å². The lowest BCUT2D eigenvalue weighted by molar-refractivity contribution is -0.385. The van der Waals surface area contributed by atoms with Gasteiger partial charge in [0.25, 0.3) is 16.8 Å². The fourth-order valence-electron chi connectivity index (χ4n) is 2.81. The van der Waals surface area contributed by atoms with E-state index in [0.717, 1.165) is 16.7 Å². The van der Waals surface area contributed by atoms with E-state index in [1.165, 1.54) is 43.5 Å². The van der Waals surface area contributed by atoms with Gasteiger partial charge in [-0.3, -0.25) is 24.6 Å². The number of carbonyl (C=O) groups excluding carboxylic acids is 2. The van der Waals surface area contributed by atoms with Crippen molar-refractivity contribution in [3.05, 3.63) is 68.6 Å². The molecule has 2 aromatic carbocycles. The number of nitrogens with zero attached hydrogens (tertiary/aromatic N) is 2. The van der Waals surface area contributed by atoms with Crippen LogP contribution in [0, 0.1) is 10.1 Å². The highest BCUT2D eigenvalue weighted by Gasteiger charge is 2.36. The van der Waals surface area contributed by atoms with Crippen LogP contribution in [-0.2, 0) is 16.1 Å². The zero-order valence-corrected chi connectivity index (χ0v) is 17.0. The number of carboxylic acids is 1. The predicted octanol–water partition coefficient (Wildman–Crippen LogP) is 3.30. The van der Waals surface area contributed by atoms with E-state index in [9.17, 15) is 24.5 Å². The Labute approximate surface area is 180 Å². The largest absolute Gasteiger partial charge is 0.493 e. The number of methoxy groups -OCH3 is 1. The van der Waals surface area contributed by atoms with Crippen molar-refractivity contribution in [1.29, 1.82) is 0 Å². The molecule has 0 saturated carbocycles. The number of amides is 2. The van der Waals surface area contributed by atoms with Gasteiger partial charge in [0.15, 0.2) is 18.1 Å². The normalized spacial score (nSPS) is 14.7. The summed E-state index contributed by atoms with van der Waals surface area (Å²) in [5.41, 5.74) is 0.598. The number of hydrogen-bond donors (Lipinski definition) is 1. The van der Waals surface area contributed by atoms with Crippen molar-refractivity contribution in [3.8, 4) is 11.5 Å². The molecule has 1 N–H and O–H groups in total. The van der Waals surface area contributed by atoms with Gasteiger partial charge in [0.1, 0.15) is 0 Å². The van der Waals surface area contributed by atoms with Gasteiger partial charge in [-0.2, -0.15) is 0 Å². The third-order valence-electron chi connectivity index (χ3n) is 4.23. The first-order valence-electron chi connectivity index (χ1n) is 8.80. The van der Waals surface area contributed by atoms with E-state index in [4.69, 9.17) is 14.6 Å². The van der Waals surface area contributed by atoms with Crippen LogP contribution in [0.5, 0.6) is 11.5 Å². The van der Waals surface area contributed by atoms with Gasteiger partial charge < -0.3 is 14.6 Å². The molecule has 10 nitrogen and oxygen atoms in total. The summed E-state index contributed by atoms with van der Waals surface area (Å²) in [5, 5.41) is 19.4. The smallest absolute Gasteiger partial charge is 0.341 e. The number of carbonyl (C=O) groups is 3. The van der Waals surface area contributed by atoms with E-state index in [-0.39, 0.29) is 34.2 Å². The van der Waals surface area contributed by atoms with E-state index >= 15 is 0 Å². The molecule has 160 valence electrons. The van der Waals surface area contributed by atoms with Crippen LogP contribution in [-0.4, -0.2) is 45.8 Å². The number of ether oxygens (including phenoxy) is 2. The summed E-state index contributed by atoms with van der Waals surface area (Å²) in [6, 6.07) is 10.5. The van der Waals surface area contributed by atoms with Crippen LogP contribution >= 0.6 is 11.8 Å². The summed E-state index contributed by atoms with van der Waals surface area (Å²) in [4.78, 5) is 47.5. The minimum absolute atomic E-state index is 0.143. The van der Waals surface area contributed by atoms with Gasteiger partial charge in [0, 0.05) is 11.6 Å². The van der Waals surface area contributed by atoms with Crippen LogP contribution < -0.4 is 9.47 Å². The van der Waals surface area contributed by atoms with Crippen molar-refractivity contribution in [2.45, 2.75) is 6.54 Å². The highest BCUT2D eigenvalue weighted by atomic mass is 32.2. The summed E-state index contributed by atoms with van der Waals surface area (Å²) < 4.78 is 10.3. The monoisotopic (exact) mass is 444 g/mol. The van der Waals surface area contributed by atoms with Crippen molar-refractivity contribution >= 4 is 40.6 Å². The summed E-state index contributed by atoms with van der Waals surface area (Å²) >= 11 is 0.721. The van der Waals surface area contributed by atoms with Gasteiger partial charge in [-0.1, -0.05) is 24.3 Å². The third-order valence-corrected chi connectivity index (χ3v) is 5.13. The third kappa shape index (κ3) is 5.01. The summed E-state index contributed by atoms with van der Waals surface area (Å²) in [7, 11) is 1.38. The van der Waals surface area contributed by atoms with E-state index in [1.807, 2.05) is 0 Å². The molecule has 11 heteroatoms. The lowest BCUT2D eigenvalue weighted by atomic mass is 10.1. The standard InChI is InChI=1S/C20H16N2O8S/c1-29-16-8-12(6-7-15(16)30-11-18(23)24)9-17-19(25)21(20(26)31-17)10-13-4-2-3-5-14(13)22(27)28/h2-9H,10-11H2,1H3,(H,23,24)/b17-9-. The Hall–Kier alpha value is -3.86. The van der Waals surface area contributed by atoms with Crippen LogP contribution in [0.15, 0.2) is 47.4 Å². The highest BCUT2D eigenvalue weighted by Crippen LogP contribution is 2.36. The topological polar surface area (TPSA) is 136 Å². The zero-order valence-electron chi connectivity index (χ0n) is 16.1. The Morgan fingerprint density at radius 3 is 2.65 bits per heavy atom. The fraction of sp³-hybridized carbons (Fsp3) is 0.150. The number of rotatable bonds is 8. The van der Waals surface area contributed by atoms with Crippen LogP contribution in [0.2, 0.25) is 0 Å². The SMILES string of the molecule is COc1cc(/C=C2\SC(=O)N(Cc3ccccc3[N+](=O)[O-])C2=O)ccc1OCC(=O)O. The van der Waals surface area contributed by atoms with Gasteiger partial charge in [-0.15, -0.1) is 0 Å². The quantitative estimate of drug-likeness (QED) is 0.369. The van der Waals surface area contributed by atoms with Crippen molar-refractivity contribution in [1.82, 2.24) is 4.90 Å². The number of para-hydroxylation sites is 1. The van der Waals surface area contributed by atoms with Gasteiger partial charge in [0.05, 0.1) is 23.5 Å². The lowest BCUT2D eigenvalue weighted by Gasteiger charge is -2.12. The molecule has 1 aliphatic heterocycles. The first-order chi connectivity index (χ1) is 14.8. The van der Waals surface area contributed by atoms with Crippen molar-refractivity contribution < 1.29 is 33.9 Å². The zero-order chi connectivity index (χ0) is 22.5. The average molecular weight is 444 g/mol. The second-order valence-corrected chi connectivity index (χ2v) is 7.24. The minimum Gasteiger partial charge on any atom is -0.493 e. The molecule has 0 unspecified atom stereocenters. The molecular formula is C20H16N2O8S. The number of carboxylic acid groups (broad SMARTS) is 1. The molecule has 1 saturated heterocycles. The second-order valence-electron chi connectivity index (χ2n) is 6.25. The molecule has 3 rings (SSSR count). The van der Waals surface area contributed by atoms with Gasteiger partial charge in [0.2, 0.25) is 0 Å². The van der Waals surface area contributed by atoms with E-state index in [2.05, 4.69) is 0 Å². The number of aliphatic carboxylic acids is 1. The van der Waals surface area contributed by atoms with Gasteiger partial charge in [-0.25, -0.2) is 4.79 Å². The van der Waals surface area contributed by atoms with E-state index in [0.29, 0.717) is 5.56 Å². The maximum absolute atomic E-state index is 12.7. The first-order valence-corrected chi connectivity index (χ1v) is 9.62. The molecule has 31 heavy (non-hydrogen) atoms. The summed E-state index contributed by atoms with van der Waals surface area (Å²) in [6.45, 7) is -0.759. The minimum atomic E-state index is -1.14. The fourth-order valence-corrected chi connectivity index (χ4v) is 3.65. The second kappa shape index (κ2) is 9.30. The highest BCUT2D eigenvalue weighted by molar-refractivity contribution is 8.18. The molecule has 0 aromatic heterocycles. The Kier molecular flexibility index (Phi) is 6.55. The molecular weight excluding hydrogens is 428 g/mol. The molecule has 0 atom stereocenters. The lowest BCUT2D eigenvalue weighted by Crippen LogP contribution is -2.27. The molecule has 1 heterocycles. The van der Waals surface area contributed by atoms with Gasteiger partial charge >= 0.3 is 5.97 Å². The molecule has 0 aliphatic carbocycles. The van der Waals surface area contributed by atoms with E-state index < -0.39 is 28.6 Å². The molecule has 0 bridgehead atoms. The number of hydrogen-bond acceptors (Lipinski definition) is 8. The Morgan fingerprint density at radius 1 is 1.23 bits per heavy atom. The molecule has 0 radical (unpaired) electrons. The first kappa shape index (κ1) is 21.8. The Morgan fingerprint density at radius 2 is 1.97 bits per heavy atom. The van der Waals surface area contributed by atoms with Crippen LogP contribution in [0.25, 0.3) is 6.08 Å². The maximum Gasteiger partial charge on any atom is 0.341 e.